The Hall–Kier alpha value is -3.89. The van der Waals surface area contributed by atoms with Gasteiger partial charge >= 0.3 is 0 Å². The van der Waals surface area contributed by atoms with Gasteiger partial charge in [0.15, 0.2) is 0 Å². The van der Waals surface area contributed by atoms with Gasteiger partial charge in [0.1, 0.15) is 12.4 Å². The van der Waals surface area contributed by atoms with E-state index in [1.807, 2.05) is 0 Å². The minimum absolute atomic E-state index is 0.0446. The maximum atomic E-state index is 13.2. The van der Waals surface area contributed by atoms with Crippen LogP contribution >= 0.6 is 11.6 Å². The number of amidine groups is 1. The van der Waals surface area contributed by atoms with Crippen LogP contribution < -0.4 is 21.1 Å². The van der Waals surface area contributed by atoms with Crippen molar-refractivity contribution in [2.75, 3.05) is 10.8 Å². The monoisotopic (exact) mass is 513 g/mol. The molecular weight excluding hydrogens is 490 g/mol. The van der Waals surface area contributed by atoms with Gasteiger partial charge in [-0.3, -0.25) is 19.3 Å². The minimum Gasteiger partial charge on any atom is -0.384 e. The van der Waals surface area contributed by atoms with E-state index in [9.17, 15) is 18.0 Å². The molecule has 0 heterocycles. The molecule has 0 fully saturated rings. The van der Waals surface area contributed by atoms with E-state index >= 15 is 0 Å². The van der Waals surface area contributed by atoms with Crippen molar-refractivity contribution in [3.8, 4) is 0 Å². The second-order valence-corrected chi connectivity index (χ2v) is 10.0. The first-order chi connectivity index (χ1) is 16.5. The summed E-state index contributed by atoms with van der Waals surface area (Å²) in [5, 5.41) is 10.3. The quantitative estimate of drug-likeness (QED) is 0.241. The van der Waals surface area contributed by atoms with Crippen LogP contribution in [-0.4, -0.2) is 32.6 Å². The SMILES string of the molecule is N=C(N)c1ccc(CNC(=O)c2cc(Cl)cc(N(CC(N)=O)S(=O)(=O)Cc3ccccc3)c2)cc1. The van der Waals surface area contributed by atoms with Crippen LogP contribution in [0.3, 0.4) is 0 Å². The zero-order chi connectivity index (χ0) is 25.6. The number of carbonyl (C=O) groups excluding carboxylic acids is 2. The van der Waals surface area contributed by atoms with Crippen LogP contribution in [0.15, 0.2) is 72.8 Å². The highest BCUT2D eigenvalue weighted by molar-refractivity contribution is 7.92. The summed E-state index contributed by atoms with van der Waals surface area (Å²) in [5.74, 6) is -1.79. The molecule has 0 unspecified atom stereocenters. The first-order valence-corrected chi connectivity index (χ1v) is 12.4. The standard InChI is InChI=1S/C24H24ClN5O4S/c25-20-10-19(24(32)29-13-16-6-8-18(9-7-16)23(27)28)11-21(12-20)30(14-22(26)31)35(33,34)15-17-4-2-1-3-5-17/h1-12H,13-15H2,(H2,26,31)(H3,27,28)(H,29,32). The van der Waals surface area contributed by atoms with Gasteiger partial charge in [-0.1, -0.05) is 66.2 Å². The number of nitrogens with one attached hydrogen (secondary N) is 2. The van der Waals surface area contributed by atoms with Gasteiger partial charge in [0.25, 0.3) is 5.91 Å². The Balaban J connectivity index is 1.84. The van der Waals surface area contributed by atoms with E-state index in [4.69, 9.17) is 28.5 Å². The van der Waals surface area contributed by atoms with Crippen molar-refractivity contribution >= 4 is 45.0 Å². The topological polar surface area (TPSA) is 159 Å². The van der Waals surface area contributed by atoms with Crippen molar-refractivity contribution in [2.24, 2.45) is 11.5 Å². The molecule has 0 aliphatic carbocycles. The Labute approximate surface area is 208 Å². The van der Waals surface area contributed by atoms with E-state index in [1.165, 1.54) is 18.2 Å². The number of hydrogen-bond acceptors (Lipinski definition) is 5. The zero-order valence-corrected chi connectivity index (χ0v) is 20.1. The predicted octanol–water partition coefficient (Wildman–Crippen LogP) is 2.38. The summed E-state index contributed by atoms with van der Waals surface area (Å²) >= 11 is 6.20. The number of halogens is 1. The van der Waals surface area contributed by atoms with Crippen molar-refractivity contribution in [3.63, 3.8) is 0 Å². The summed E-state index contributed by atoms with van der Waals surface area (Å²) in [5.41, 5.74) is 12.8. The van der Waals surface area contributed by atoms with Gasteiger partial charge in [-0.2, -0.15) is 0 Å². The number of carbonyl (C=O) groups is 2. The van der Waals surface area contributed by atoms with Gasteiger partial charge in [-0.05, 0) is 29.3 Å². The van der Waals surface area contributed by atoms with Crippen molar-refractivity contribution in [1.29, 1.82) is 5.41 Å². The minimum atomic E-state index is -4.03. The summed E-state index contributed by atoms with van der Waals surface area (Å²) in [7, 11) is -4.03. The summed E-state index contributed by atoms with van der Waals surface area (Å²) < 4.78 is 27.2. The second-order valence-electron chi connectivity index (χ2n) is 7.71. The largest absolute Gasteiger partial charge is 0.384 e. The molecular formula is C24H24ClN5O4S. The highest BCUT2D eigenvalue weighted by Crippen LogP contribution is 2.26. The van der Waals surface area contributed by atoms with Gasteiger partial charge in [-0.25, -0.2) is 8.42 Å². The number of rotatable bonds is 10. The Morgan fingerprint density at radius 3 is 2.17 bits per heavy atom. The Morgan fingerprint density at radius 1 is 0.914 bits per heavy atom. The van der Waals surface area contributed by atoms with E-state index in [0.717, 1.165) is 9.87 Å². The number of anilines is 1. The molecule has 3 rings (SSSR count). The molecule has 0 saturated heterocycles. The van der Waals surface area contributed by atoms with Crippen LogP contribution in [-0.2, 0) is 27.1 Å². The van der Waals surface area contributed by atoms with E-state index in [1.54, 1.807) is 54.6 Å². The highest BCUT2D eigenvalue weighted by atomic mass is 35.5. The molecule has 182 valence electrons. The lowest BCUT2D eigenvalue weighted by molar-refractivity contribution is -0.116. The first kappa shape index (κ1) is 25.7. The molecule has 0 saturated carbocycles. The number of benzene rings is 3. The van der Waals surface area contributed by atoms with Crippen LogP contribution in [0.5, 0.6) is 0 Å². The van der Waals surface area contributed by atoms with Crippen molar-refractivity contribution in [2.45, 2.75) is 12.3 Å². The predicted molar refractivity (Wildman–Crippen MR) is 136 cm³/mol. The normalized spacial score (nSPS) is 11.0. The van der Waals surface area contributed by atoms with Gasteiger partial charge < -0.3 is 16.8 Å². The number of hydrogen-bond donors (Lipinski definition) is 4. The lowest BCUT2D eigenvalue weighted by atomic mass is 10.1. The fraction of sp³-hybridized carbons (Fsp3) is 0.125. The summed E-state index contributed by atoms with van der Waals surface area (Å²) in [4.78, 5) is 24.5. The third-order valence-electron chi connectivity index (χ3n) is 4.98. The highest BCUT2D eigenvalue weighted by Gasteiger charge is 2.26. The van der Waals surface area contributed by atoms with Gasteiger partial charge in [0.2, 0.25) is 15.9 Å². The molecule has 6 N–H and O–H groups in total. The fourth-order valence-corrected chi connectivity index (χ4v) is 5.04. The van der Waals surface area contributed by atoms with Crippen molar-refractivity contribution in [1.82, 2.24) is 5.32 Å². The van der Waals surface area contributed by atoms with Gasteiger partial charge in [0.05, 0.1) is 11.4 Å². The molecule has 9 nitrogen and oxygen atoms in total. The molecule has 0 bridgehead atoms. The molecule has 35 heavy (non-hydrogen) atoms. The molecule has 11 heteroatoms. The van der Waals surface area contributed by atoms with Gasteiger partial charge in [-0.15, -0.1) is 0 Å². The van der Waals surface area contributed by atoms with Crippen LogP contribution in [0, 0.1) is 5.41 Å². The van der Waals surface area contributed by atoms with Crippen molar-refractivity contribution < 1.29 is 18.0 Å². The molecule has 0 aliphatic rings. The molecule has 0 aliphatic heterocycles. The molecule has 0 radical (unpaired) electrons. The van der Waals surface area contributed by atoms with E-state index < -0.39 is 28.4 Å². The molecule has 0 aromatic heterocycles. The van der Waals surface area contributed by atoms with E-state index in [2.05, 4.69) is 5.32 Å². The summed E-state index contributed by atoms with van der Waals surface area (Å²) in [6, 6.07) is 19.4. The average Bonchev–Trinajstić information content (AvgIpc) is 2.81. The second kappa shape index (κ2) is 11.0. The van der Waals surface area contributed by atoms with Crippen LogP contribution in [0.25, 0.3) is 0 Å². The smallest absolute Gasteiger partial charge is 0.251 e. The van der Waals surface area contributed by atoms with Gasteiger partial charge in [0, 0.05) is 22.7 Å². The Bertz CT molecular complexity index is 1350. The number of amides is 2. The van der Waals surface area contributed by atoms with Crippen molar-refractivity contribution in [3.05, 3.63) is 100 Å². The molecule has 2 amide bonds. The van der Waals surface area contributed by atoms with Crippen LogP contribution in [0.4, 0.5) is 5.69 Å². The zero-order valence-electron chi connectivity index (χ0n) is 18.6. The van der Waals surface area contributed by atoms with Crippen LogP contribution in [0.1, 0.15) is 27.0 Å². The Morgan fingerprint density at radius 2 is 1.57 bits per heavy atom. The molecule has 3 aromatic carbocycles. The van der Waals surface area contributed by atoms with E-state index in [-0.39, 0.29) is 34.4 Å². The number of nitrogen functional groups attached to an aromatic ring is 1. The number of sulfonamides is 1. The number of nitrogens with zero attached hydrogens (tertiary/aromatic N) is 1. The molecule has 3 aromatic rings. The fourth-order valence-electron chi connectivity index (χ4n) is 3.29. The van der Waals surface area contributed by atoms with E-state index in [0.29, 0.717) is 11.1 Å². The lowest BCUT2D eigenvalue weighted by Crippen LogP contribution is -2.39. The maximum absolute atomic E-state index is 13.2. The molecule has 0 atom stereocenters. The lowest BCUT2D eigenvalue weighted by Gasteiger charge is -2.24. The molecule has 0 spiro atoms. The summed E-state index contributed by atoms with van der Waals surface area (Å²) in [6.07, 6.45) is 0. The summed E-state index contributed by atoms with van der Waals surface area (Å²) in [6.45, 7) is -0.435. The number of primary amides is 1. The number of nitrogens with two attached hydrogens (primary N) is 2. The Kier molecular flexibility index (Phi) is 8.10. The third kappa shape index (κ3) is 7.05. The first-order valence-electron chi connectivity index (χ1n) is 10.4. The van der Waals surface area contributed by atoms with Crippen LogP contribution in [0.2, 0.25) is 5.02 Å². The maximum Gasteiger partial charge on any atom is 0.251 e. The third-order valence-corrected chi connectivity index (χ3v) is 6.91. The average molecular weight is 514 g/mol.